The van der Waals surface area contributed by atoms with E-state index in [1.807, 2.05) is 18.2 Å². The second kappa shape index (κ2) is 6.47. The van der Waals surface area contributed by atoms with Gasteiger partial charge in [-0.05, 0) is 40.1 Å². The molecule has 0 amide bonds. The molecular weight excluding hydrogens is 334 g/mol. The van der Waals surface area contributed by atoms with Gasteiger partial charge in [0.05, 0.1) is 0 Å². The lowest BCUT2D eigenvalue weighted by Crippen LogP contribution is -2.18. The Balaban J connectivity index is 1.96. The van der Waals surface area contributed by atoms with Gasteiger partial charge in [0.25, 0.3) is 0 Å². The monoisotopic (exact) mass is 351 g/mol. The SMILES string of the molecule is C=C[C@@H](c1ccc(Br)cc1)[C@H](N)c1ccc2ccccc2c1. The third-order valence-corrected chi connectivity index (χ3v) is 4.58. The molecule has 22 heavy (non-hydrogen) atoms. The zero-order chi connectivity index (χ0) is 15.5. The van der Waals surface area contributed by atoms with Gasteiger partial charge in [-0.15, -0.1) is 6.58 Å². The molecule has 0 heterocycles. The van der Waals surface area contributed by atoms with Crippen molar-refractivity contribution in [3.63, 3.8) is 0 Å². The lowest BCUT2D eigenvalue weighted by Gasteiger charge is -2.22. The van der Waals surface area contributed by atoms with E-state index >= 15 is 0 Å². The zero-order valence-corrected chi connectivity index (χ0v) is 13.8. The summed E-state index contributed by atoms with van der Waals surface area (Å²) in [6.45, 7) is 3.98. The summed E-state index contributed by atoms with van der Waals surface area (Å²) >= 11 is 3.47. The molecule has 0 radical (unpaired) electrons. The predicted molar refractivity (Wildman–Crippen MR) is 98.0 cm³/mol. The number of rotatable bonds is 4. The third kappa shape index (κ3) is 2.99. The summed E-state index contributed by atoms with van der Waals surface area (Å²) < 4.78 is 1.07. The normalized spacial score (nSPS) is 13.7. The van der Waals surface area contributed by atoms with Crippen LogP contribution in [-0.2, 0) is 0 Å². The number of fused-ring (bicyclic) bond motifs is 1. The van der Waals surface area contributed by atoms with Crippen molar-refractivity contribution in [2.24, 2.45) is 5.73 Å². The topological polar surface area (TPSA) is 26.0 Å². The van der Waals surface area contributed by atoms with E-state index in [2.05, 4.69) is 77.1 Å². The Bertz CT molecular complexity index is 792. The number of benzene rings is 3. The van der Waals surface area contributed by atoms with Crippen molar-refractivity contribution in [2.45, 2.75) is 12.0 Å². The average Bonchev–Trinajstić information content (AvgIpc) is 2.56. The molecule has 2 N–H and O–H groups in total. The van der Waals surface area contributed by atoms with Gasteiger partial charge in [0.1, 0.15) is 0 Å². The third-order valence-electron chi connectivity index (χ3n) is 4.05. The number of hydrogen-bond donors (Lipinski definition) is 1. The van der Waals surface area contributed by atoms with E-state index in [1.54, 1.807) is 0 Å². The van der Waals surface area contributed by atoms with E-state index in [1.165, 1.54) is 16.3 Å². The summed E-state index contributed by atoms with van der Waals surface area (Å²) in [7, 11) is 0. The summed E-state index contributed by atoms with van der Waals surface area (Å²) in [5.41, 5.74) is 8.84. The van der Waals surface area contributed by atoms with Gasteiger partial charge in [0, 0.05) is 16.4 Å². The van der Waals surface area contributed by atoms with Gasteiger partial charge < -0.3 is 5.73 Å². The van der Waals surface area contributed by atoms with Gasteiger partial charge in [0.2, 0.25) is 0 Å². The van der Waals surface area contributed by atoms with Gasteiger partial charge in [-0.3, -0.25) is 0 Å². The summed E-state index contributed by atoms with van der Waals surface area (Å²) in [5.74, 6) is 0.0919. The zero-order valence-electron chi connectivity index (χ0n) is 12.2. The second-order valence-corrected chi connectivity index (χ2v) is 6.36. The number of hydrogen-bond acceptors (Lipinski definition) is 1. The molecule has 2 atom stereocenters. The first-order valence-electron chi connectivity index (χ1n) is 7.31. The van der Waals surface area contributed by atoms with Gasteiger partial charge in [-0.1, -0.05) is 70.5 Å². The highest BCUT2D eigenvalue weighted by Crippen LogP contribution is 2.32. The first-order valence-corrected chi connectivity index (χ1v) is 8.10. The van der Waals surface area contributed by atoms with Crippen molar-refractivity contribution < 1.29 is 0 Å². The van der Waals surface area contributed by atoms with Gasteiger partial charge in [-0.25, -0.2) is 0 Å². The van der Waals surface area contributed by atoms with Crippen molar-refractivity contribution in [3.05, 3.63) is 95.0 Å². The van der Waals surface area contributed by atoms with Gasteiger partial charge in [0.15, 0.2) is 0 Å². The Hall–Kier alpha value is -1.90. The van der Waals surface area contributed by atoms with E-state index in [4.69, 9.17) is 5.73 Å². The summed E-state index contributed by atoms with van der Waals surface area (Å²) in [5, 5.41) is 2.45. The molecule has 3 aromatic carbocycles. The fourth-order valence-corrected chi connectivity index (χ4v) is 3.06. The van der Waals surface area contributed by atoms with Crippen LogP contribution >= 0.6 is 15.9 Å². The minimum Gasteiger partial charge on any atom is -0.323 e. The Morgan fingerprint density at radius 1 is 0.864 bits per heavy atom. The predicted octanol–water partition coefficient (Wildman–Crippen LogP) is 5.57. The molecule has 0 unspecified atom stereocenters. The van der Waals surface area contributed by atoms with Crippen LogP contribution in [0.2, 0.25) is 0 Å². The summed E-state index contributed by atoms with van der Waals surface area (Å²) in [6.07, 6.45) is 1.93. The number of halogens is 1. The van der Waals surface area contributed by atoms with Crippen LogP contribution in [-0.4, -0.2) is 0 Å². The van der Waals surface area contributed by atoms with Crippen LogP contribution in [0, 0.1) is 0 Å². The maximum Gasteiger partial charge on any atom is 0.0399 e. The molecule has 2 heteroatoms. The van der Waals surface area contributed by atoms with Gasteiger partial charge >= 0.3 is 0 Å². The quantitative estimate of drug-likeness (QED) is 0.610. The van der Waals surface area contributed by atoms with E-state index in [-0.39, 0.29) is 12.0 Å². The Labute approximate surface area is 139 Å². The van der Waals surface area contributed by atoms with Crippen molar-refractivity contribution in [1.29, 1.82) is 0 Å². The van der Waals surface area contributed by atoms with Crippen LogP contribution < -0.4 is 5.73 Å². The van der Waals surface area contributed by atoms with Crippen LogP contribution in [0.4, 0.5) is 0 Å². The van der Waals surface area contributed by atoms with Crippen LogP contribution in [0.1, 0.15) is 23.1 Å². The molecule has 3 rings (SSSR count). The second-order valence-electron chi connectivity index (χ2n) is 5.45. The van der Waals surface area contributed by atoms with E-state index in [9.17, 15) is 0 Å². The fourth-order valence-electron chi connectivity index (χ4n) is 2.80. The molecule has 0 saturated heterocycles. The van der Waals surface area contributed by atoms with Crippen molar-refractivity contribution in [2.75, 3.05) is 0 Å². The molecule has 3 aromatic rings. The van der Waals surface area contributed by atoms with Crippen molar-refractivity contribution in [1.82, 2.24) is 0 Å². The lowest BCUT2D eigenvalue weighted by molar-refractivity contribution is 0.648. The average molecular weight is 352 g/mol. The van der Waals surface area contributed by atoms with Crippen molar-refractivity contribution >= 4 is 26.7 Å². The molecule has 0 aliphatic heterocycles. The molecule has 0 aromatic heterocycles. The largest absolute Gasteiger partial charge is 0.323 e. The molecule has 110 valence electrons. The maximum absolute atomic E-state index is 6.53. The number of nitrogens with two attached hydrogens (primary N) is 1. The van der Waals surface area contributed by atoms with E-state index in [0.717, 1.165) is 10.0 Å². The standard InChI is InChI=1S/C20H18BrN/c1-2-19(15-9-11-18(21)12-10-15)20(22)17-8-7-14-5-3-4-6-16(14)13-17/h2-13,19-20H,1,22H2/t19-,20+/m0/s1. The Kier molecular flexibility index (Phi) is 4.41. The molecule has 0 aliphatic rings. The highest BCUT2D eigenvalue weighted by Gasteiger charge is 2.18. The minimum atomic E-state index is -0.108. The Morgan fingerprint density at radius 2 is 1.50 bits per heavy atom. The summed E-state index contributed by atoms with van der Waals surface area (Å²) in [6, 6.07) is 22.9. The molecule has 0 saturated carbocycles. The maximum atomic E-state index is 6.53. The molecule has 0 bridgehead atoms. The molecule has 0 fully saturated rings. The van der Waals surface area contributed by atoms with E-state index < -0.39 is 0 Å². The highest BCUT2D eigenvalue weighted by molar-refractivity contribution is 9.10. The highest BCUT2D eigenvalue weighted by atomic mass is 79.9. The minimum absolute atomic E-state index is 0.0919. The Morgan fingerprint density at radius 3 is 2.18 bits per heavy atom. The van der Waals surface area contributed by atoms with Crippen LogP contribution in [0.25, 0.3) is 10.8 Å². The van der Waals surface area contributed by atoms with Crippen molar-refractivity contribution in [3.8, 4) is 0 Å². The molecular formula is C20H18BrN. The fraction of sp³-hybridized carbons (Fsp3) is 0.100. The lowest BCUT2D eigenvalue weighted by atomic mass is 9.87. The van der Waals surface area contributed by atoms with Crippen LogP contribution in [0.5, 0.6) is 0 Å². The summed E-state index contributed by atoms with van der Waals surface area (Å²) in [4.78, 5) is 0. The van der Waals surface area contributed by atoms with Gasteiger partial charge in [-0.2, -0.15) is 0 Å². The first kappa shape index (κ1) is 15.0. The van der Waals surface area contributed by atoms with Crippen LogP contribution in [0.15, 0.2) is 83.9 Å². The molecule has 1 nitrogen and oxygen atoms in total. The molecule has 0 spiro atoms. The smallest absolute Gasteiger partial charge is 0.0399 e. The van der Waals surface area contributed by atoms with E-state index in [0.29, 0.717) is 0 Å². The van der Waals surface area contributed by atoms with Crippen LogP contribution in [0.3, 0.4) is 0 Å². The molecule has 0 aliphatic carbocycles. The first-order chi connectivity index (χ1) is 10.7.